The van der Waals surface area contributed by atoms with Crippen molar-refractivity contribution in [2.75, 3.05) is 0 Å². The van der Waals surface area contributed by atoms with Crippen molar-refractivity contribution in [3.8, 4) is 0 Å². The minimum absolute atomic E-state index is 0.430. The minimum Gasteiger partial charge on any atom is -0.0620 e. The second kappa shape index (κ2) is 5.03. The zero-order chi connectivity index (χ0) is 12.3. The van der Waals surface area contributed by atoms with Crippen LogP contribution in [-0.4, -0.2) is 0 Å². The number of benzene rings is 1. The molecule has 0 aliphatic rings. The van der Waals surface area contributed by atoms with E-state index >= 15 is 0 Å². The van der Waals surface area contributed by atoms with Crippen LogP contribution in [0.25, 0.3) is 0 Å². The third-order valence-electron chi connectivity index (χ3n) is 3.92. The van der Waals surface area contributed by atoms with Crippen LogP contribution >= 0.6 is 0 Å². The van der Waals surface area contributed by atoms with Crippen LogP contribution in [0.3, 0.4) is 0 Å². The molecule has 0 spiro atoms. The van der Waals surface area contributed by atoms with Crippen molar-refractivity contribution in [3.63, 3.8) is 0 Å². The lowest BCUT2D eigenvalue weighted by molar-refractivity contribution is 0.247. The Balaban J connectivity index is 2.58. The van der Waals surface area contributed by atoms with Gasteiger partial charge in [-0.25, -0.2) is 0 Å². The van der Waals surface area contributed by atoms with Gasteiger partial charge in [0.05, 0.1) is 0 Å². The molecule has 90 valence electrons. The number of hydrogen-bond donors (Lipinski definition) is 0. The molecule has 1 unspecified atom stereocenters. The fraction of sp³-hybridized carbons (Fsp3) is 0.625. The summed E-state index contributed by atoms with van der Waals surface area (Å²) in [5.41, 5.74) is 4.73. The Bertz CT molecular complexity index is 342. The van der Waals surface area contributed by atoms with Gasteiger partial charge in [-0.05, 0) is 54.7 Å². The molecule has 0 saturated heterocycles. The van der Waals surface area contributed by atoms with Crippen molar-refractivity contribution in [1.29, 1.82) is 0 Å². The van der Waals surface area contributed by atoms with Crippen LogP contribution in [0.15, 0.2) is 18.2 Å². The van der Waals surface area contributed by atoms with Crippen LogP contribution < -0.4 is 0 Å². The molecule has 0 fully saturated rings. The van der Waals surface area contributed by atoms with Gasteiger partial charge in [-0.2, -0.15) is 0 Å². The van der Waals surface area contributed by atoms with E-state index in [0.717, 1.165) is 5.92 Å². The molecule has 0 amide bonds. The van der Waals surface area contributed by atoms with Crippen molar-refractivity contribution in [1.82, 2.24) is 0 Å². The fourth-order valence-electron chi connectivity index (χ4n) is 1.78. The number of aryl methyl sites for hydroxylation is 3. The Kier molecular flexibility index (Phi) is 4.18. The molecule has 0 radical (unpaired) electrons. The molecule has 0 nitrogen and oxygen atoms in total. The highest BCUT2D eigenvalue weighted by atomic mass is 14.2. The van der Waals surface area contributed by atoms with Gasteiger partial charge < -0.3 is 0 Å². The van der Waals surface area contributed by atoms with E-state index in [0.29, 0.717) is 5.41 Å². The Hall–Kier alpha value is -0.780. The lowest BCUT2D eigenvalue weighted by Crippen LogP contribution is -2.17. The Morgan fingerprint density at radius 1 is 1.06 bits per heavy atom. The molecule has 0 N–H and O–H groups in total. The second-order valence-corrected chi connectivity index (χ2v) is 6.22. The molecule has 0 aromatic heterocycles. The largest absolute Gasteiger partial charge is 0.0620 e. The Morgan fingerprint density at radius 3 is 2.19 bits per heavy atom. The first-order valence-corrected chi connectivity index (χ1v) is 6.37. The fourth-order valence-corrected chi connectivity index (χ4v) is 1.78. The highest BCUT2D eigenvalue weighted by Gasteiger charge is 2.19. The summed E-state index contributed by atoms with van der Waals surface area (Å²) in [5, 5.41) is 0. The highest BCUT2D eigenvalue weighted by molar-refractivity contribution is 5.29. The molecule has 1 atom stereocenters. The maximum absolute atomic E-state index is 2.36. The van der Waals surface area contributed by atoms with Gasteiger partial charge >= 0.3 is 0 Å². The molecular formula is C16H26. The monoisotopic (exact) mass is 218 g/mol. The summed E-state index contributed by atoms with van der Waals surface area (Å²) >= 11 is 0. The maximum Gasteiger partial charge on any atom is -0.0276 e. The van der Waals surface area contributed by atoms with Crippen molar-refractivity contribution in [2.45, 2.75) is 54.4 Å². The van der Waals surface area contributed by atoms with E-state index in [2.05, 4.69) is 59.7 Å². The highest BCUT2D eigenvalue weighted by Crippen LogP contribution is 2.29. The van der Waals surface area contributed by atoms with Crippen LogP contribution in [0, 0.1) is 25.2 Å². The SMILES string of the molecule is Cc1ccc(CCC(C)C(C)(C)C)cc1C. The molecule has 0 heterocycles. The summed E-state index contributed by atoms with van der Waals surface area (Å²) in [5.74, 6) is 0.772. The lowest BCUT2D eigenvalue weighted by Gasteiger charge is -2.27. The molecule has 1 aromatic rings. The number of hydrogen-bond acceptors (Lipinski definition) is 0. The van der Waals surface area contributed by atoms with Crippen molar-refractivity contribution < 1.29 is 0 Å². The van der Waals surface area contributed by atoms with Crippen molar-refractivity contribution >= 4 is 0 Å². The summed E-state index contributed by atoms with van der Waals surface area (Å²) in [4.78, 5) is 0. The lowest BCUT2D eigenvalue weighted by atomic mass is 9.79. The zero-order valence-electron chi connectivity index (χ0n) is 11.7. The first-order valence-electron chi connectivity index (χ1n) is 6.37. The molecule has 0 aliphatic carbocycles. The number of rotatable bonds is 3. The Morgan fingerprint density at radius 2 is 1.69 bits per heavy atom. The molecule has 1 aromatic carbocycles. The van der Waals surface area contributed by atoms with Crippen LogP contribution in [0.4, 0.5) is 0 Å². The Labute approximate surface area is 101 Å². The average molecular weight is 218 g/mol. The van der Waals surface area contributed by atoms with Crippen LogP contribution in [0.1, 0.15) is 50.8 Å². The van der Waals surface area contributed by atoms with E-state index in [1.807, 2.05) is 0 Å². The summed E-state index contributed by atoms with van der Waals surface area (Å²) in [6.07, 6.45) is 2.49. The van der Waals surface area contributed by atoms with E-state index in [-0.39, 0.29) is 0 Å². The van der Waals surface area contributed by atoms with Gasteiger partial charge in [-0.15, -0.1) is 0 Å². The smallest absolute Gasteiger partial charge is 0.0276 e. The van der Waals surface area contributed by atoms with Crippen molar-refractivity contribution in [2.24, 2.45) is 11.3 Å². The van der Waals surface area contributed by atoms with E-state index in [4.69, 9.17) is 0 Å². The van der Waals surface area contributed by atoms with Crippen LogP contribution in [0.2, 0.25) is 0 Å². The molecule has 0 heteroatoms. The van der Waals surface area contributed by atoms with Gasteiger partial charge in [0.25, 0.3) is 0 Å². The first-order chi connectivity index (χ1) is 7.30. The summed E-state index contributed by atoms with van der Waals surface area (Å²) < 4.78 is 0. The molecular weight excluding hydrogens is 192 g/mol. The molecule has 1 rings (SSSR count). The van der Waals surface area contributed by atoms with E-state index in [9.17, 15) is 0 Å². The van der Waals surface area contributed by atoms with E-state index in [1.54, 1.807) is 0 Å². The van der Waals surface area contributed by atoms with E-state index < -0.39 is 0 Å². The average Bonchev–Trinajstić information content (AvgIpc) is 2.18. The molecule has 16 heavy (non-hydrogen) atoms. The quantitative estimate of drug-likeness (QED) is 0.675. The normalized spacial score (nSPS) is 13.9. The van der Waals surface area contributed by atoms with Gasteiger partial charge in [-0.3, -0.25) is 0 Å². The van der Waals surface area contributed by atoms with Gasteiger partial charge in [-0.1, -0.05) is 45.9 Å². The standard InChI is InChI=1S/C16H26/c1-12-7-9-15(11-13(12)2)10-8-14(3)16(4,5)6/h7,9,11,14H,8,10H2,1-6H3. The van der Waals surface area contributed by atoms with Crippen LogP contribution in [0.5, 0.6) is 0 Å². The summed E-state index contributed by atoms with van der Waals surface area (Å²) in [6.45, 7) is 13.7. The molecule has 0 bridgehead atoms. The van der Waals surface area contributed by atoms with Gasteiger partial charge in [0.2, 0.25) is 0 Å². The second-order valence-electron chi connectivity index (χ2n) is 6.22. The summed E-state index contributed by atoms with van der Waals surface area (Å²) in [7, 11) is 0. The molecule has 0 saturated carbocycles. The maximum atomic E-state index is 2.36. The van der Waals surface area contributed by atoms with Crippen LogP contribution in [-0.2, 0) is 6.42 Å². The minimum atomic E-state index is 0.430. The van der Waals surface area contributed by atoms with Gasteiger partial charge in [0, 0.05) is 0 Å². The van der Waals surface area contributed by atoms with Crippen molar-refractivity contribution in [3.05, 3.63) is 34.9 Å². The predicted octanol–water partition coefficient (Wildman–Crippen LogP) is 4.92. The van der Waals surface area contributed by atoms with E-state index in [1.165, 1.54) is 29.5 Å². The van der Waals surface area contributed by atoms with Gasteiger partial charge in [0.1, 0.15) is 0 Å². The first kappa shape index (κ1) is 13.3. The third-order valence-corrected chi connectivity index (χ3v) is 3.92. The molecule has 0 aliphatic heterocycles. The van der Waals surface area contributed by atoms with Gasteiger partial charge in [0.15, 0.2) is 0 Å². The third kappa shape index (κ3) is 3.66. The summed E-state index contributed by atoms with van der Waals surface area (Å²) in [6, 6.07) is 6.86. The zero-order valence-corrected chi connectivity index (χ0v) is 11.7. The predicted molar refractivity (Wildman–Crippen MR) is 72.9 cm³/mol. The topological polar surface area (TPSA) is 0 Å².